The van der Waals surface area contributed by atoms with Gasteiger partial charge in [0.1, 0.15) is 17.5 Å². The second-order valence-electron chi connectivity index (χ2n) is 5.35. The maximum Gasteiger partial charge on any atom is 0.152 e. The van der Waals surface area contributed by atoms with Crippen molar-refractivity contribution in [2.45, 2.75) is 38.3 Å². The zero-order chi connectivity index (χ0) is 13.5. The van der Waals surface area contributed by atoms with Crippen LogP contribution >= 0.6 is 0 Å². The molecule has 1 aliphatic heterocycles. The zero-order valence-corrected chi connectivity index (χ0v) is 11.7. The van der Waals surface area contributed by atoms with Crippen LogP contribution in [-0.2, 0) is 9.84 Å². The van der Waals surface area contributed by atoms with Crippen LogP contribution in [0.5, 0.6) is 0 Å². The number of rotatable bonds is 4. The maximum absolute atomic E-state index is 11.4. The molecule has 1 unspecified atom stereocenters. The van der Waals surface area contributed by atoms with E-state index in [2.05, 4.69) is 20.6 Å². The smallest absolute Gasteiger partial charge is 0.152 e. The van der Waals surface area contributed by atoms with Gasteiger partial charge in [-0.15, -0.1) is 0 Å². The van der Waals surface area contributed by atoms with Crippen LogP contribution < -0.4 is 10.6 Å². The Morgan fingerprint density at radius 2 is 1.74 bits per heavy atom. The van der Waals surface area contributed by atoms with Gasteiger partial charge in [-0.1, -0.05) is 0 Å². The van der Waals surface area contributed by atoms with E-state index in [4.69, 9.17) is 0 Å². The summed E-state index contributed by atoms with van der Waals surface area (Å²) in [6, 6.07) is 2.36. The van der Waals surface area contributed by atoms with Crippen LogP contribution in [0.15, 0.2) is 6.07 Å². The van der Waals surface area contributed by atoms with Gasteiger partial charge in [0, 0.05) is 18.2 Å². The van der Waals surface area contributed by atoms with Crippen molar-refractivity contribution in [2.24, 2.45) is 0 Å². The minimum Gasteiger partial charge on any atom is -0.367 e. The first kappa shape index (κ1) is 12.7. The highest BCUT2D eigenvalue weighted by Crippen LogP contribution is 2.25. The molecular formula is C12H18N4O2S. The van der Waals surface area contributed by atoms with E-state index in [1.807, 2.05) is 13.0 Å². The number of hydrogen-bond acceptors (Lipinski definition) is 6. The predicted octanol–water partition coefficient (Wildman–Crippen LogP) is 0.958. The lowest BCUT2D eigenvalue weighted by molar-refractivity contribution is 0.602. The third-order valence-corrected chi connectivity index (χ3v) is 5.12. The van der Waals surface area contributed by atoms with Crippen LogP contribution in [0.3, 0.4) is 0 Å². The topological polar surface area (TPSA) is 84.0 Å². The van der Waals surface area contributed by atoms with Gasteiger partial charge in [0.25, 0.3) is 0 Å². The highest BCUT2D eigenvalue weighted by atomic mass is 32.2. The van der Waals surface area contributed by atoms with Gasteiger partial charge in [0.15, 0.2) is 9.84 Å². The van der Waals surface area contributed by atoms with Crippen LogP contribution in [0.2, 0.25) is 0 Å². The molecule has 0 amide bonds. The van der Waals surface area contributed by atoms with Crippen molar-refractivity contribution in [1.29, 1.82) is 0 Å². The first-order valence-electron chi connectivity index (χ1n) is 6.59. The predicted molar refractivity (Wildman–Crippen MR) is 74.1 cm³/mol. The van der Waals surface area contributed by atoms with E-state index in [9.17, 15) is 8.42 Å². The third-order valence-electron chi connectivity index (χ3n) is 3.35. The summed E-state index contributed by atoms with van der Waals surface area (Å²) in [5.74, 6) is 2.67. The first-order chi connectivity index (χ1) is 9.00. The van der Waals surface area contributed by atoms with Gasteiger partial charge in [0.2, 0.25) is 0 Å². The standard InChI is InChI=1S/C12H18N4O2S/c1-8-13-11(15-9-2-3-9)6-12(14-8)16-10-4-5-19(17,18)7-10/h6,9-10H,2-5,7H2,1H3,(H2,13,14,15,16). The van der Waals surface area contributed by atoms with E-state index in [-0.39, 0.29) is 17.5 Å². The van der Waals surface area contributed by atoms with Crippen molar-refractivity contribution in [1.82, 2.24) is 9.97 Å². The molecule has 104 valence electrons. The van der Waals surface area contributed by atoms with E-state index < -0.39 is 9.84 Å². The molecule has 0 bridgehead atoms. The minimum absolute atomic E-state index is 0.0342. The summed E-state index contributed by atoms with van der Waals surface area (Å²) in [6.45, 7) is 1.84. The second kappa shape index (κ2) is 4.63. The van der Waals surface area contributed by atoms with Crippen LogP contribution in [-0.4, -0.2) is 42.0 Å². The SMILES string of the molecule is Cc1nc(NC2CC2)cc(NC2CCS(=O)(=O)C2)n1. The Balaban J connectivity index is 1.71. The summed E-state index contributed by atoms with van der Waals surface area (Å²) in [7, 11) is -2.87. The normalized spacial score (nSPS) is 25.2. The van der Waals surface area contributed by atoms with Crippen molar-refractivity contribution in [3.8, 4) is 0 Å². The lowest BCUT2D eigenvalue weighted by Crippen LogP contribution is -2.21. The van der Waals surface area contributed by atoms with Gasteiger partial charge < -0.3 is 10.6 Å². The summed E-state index contributed by atoms with van der Waals surface area (Å²) in [4.78, 5) is 8.65. The van der Waals surface area contributed by atoms with Gasteiger partial charge in [-0.2, -0.15) is 0 Å². The molecule has 1 saturated carbocycles. The van der Waals surface area contributed by atoms with E-state index in [0.29, 0.717) is 24.1 Å². The van der Waals surface area contributed by atoms with Gasteiger partial charge in [0.05, 0.1) is 11.5 Å². The highest BCUT2D eigenvalue weighted by Gasteiger charge is 2.28. The van der Waals surface area contributed by atoms with Crippen molar-refractivity contribution in [3.63, 3.8) is 0 Å². The average Bonchev–Trinajstić information content (AvgIpc) is 3.02. The molecule has 1 aliphatic carbocycles. The van der Waals surface area contributed by atoms with Crippen LogP contribution in [0.1, 0.15) is 25.1 Å². The fourth-order valence-corrected chi connectivity index (χ4v) is 3.94. The number of sulfone groups is 1. The molecule has 19 heavy (non-hydrogen) atoms. The largest absolute Gasteiger partial charge is 0.367 e. The van der Waals surface area contributed by atoms with E-state index in [1.165, 1.54) is 12.8 Å². The molecule has 1 aromatic rings. The number of anilines is 2. The molecule has 1 atom stereocenters. The Kier molecular flexibility index (Phi) is 3.08. The van der Waals surface area contributed by atoms with Gasteiger partial charge in [-0.3, -0.25) is 0 Å². The Morgan fingerprint density at radius 1 is 1.11 bits per heavy atom. The molecule has 1 aromatic heterocycles. The van der Waals surface area contributed by atoms with E-state index in [1.54, 1.807) is 0 Å². The highest BCUT2D eigenvalue weighted by molar-refractivity contribution is 7.91. The molecule has 2 fully saturated rings. The van der Waals surface area contributed by atoms with Crippen LogP contribution in [0.25, 0.3) is 0 Å². The molecule has 0 radical (unpaired) electrons. The monoisotopic (exact) mass is 282 g/mol. The molecule has 0 spiro atoms. The van der Waals surface area contributed by atoms with E-state index >= 15 is 0 Å². The Bertz CT molecular complexity index is 583. The van der Waals surface area contributed by atoms with Crippen molar-refractivity contribution in [3.05, 3.63) is 11.9 Å². The van der Waals surface area contributed by atoms with Gasteiger partial charge in [-0.05, 0) is 26.2 Å². The van der Waals surface area contributed by atoms with Gasteiger partial charge in [-0.25, -0.2) is 18.4 Å². The molecule has 7 heteroatoms. The Labute approximate surface area is 113 Å². The molecule has 1 saturated heterocycles. The third kappa shape index (κ3) is 3.34. The Hall–Kier alpha value is -1.37. The summed E-state index contributed by atoms with van der Waals surface area (Å²) in [6.07, 6.45) is 3.02. The molecule has 2 N–H and O–H groups in total. The lowest BCUT2D eigenvalue weighted by Gasteiger charge is -2.13. The molecule has 6 nitrogen and oxygen atoms in total. The number of aryl methyl sites for hydroxylation is 1. The summed E-state index contributed by atoms with van der Waals surface area (Å²) >= 11 is 0. The molecular weight excluding hydrogens is 264 g/mol. The molecule has 2 heterocycles. The quantitative estimate of drug-likeness (QED) is 0.855. The van der Waals surface area contributed by atoms with E-state index in [0.717, 1.165) is 5.82 Å². The first-order valence-corrected chi connectivity index (χ1v) is 8.41. The van der Waals surface area contributed by atoms with Crippen LogP contribution in [0, 0.1) is 6.92 Å². The summed E-state index contributed by atoms with van der Waals surface area (Å²) < 4.78 is 22.9. The number of aromatic nitrogens is 2. The maximum atomic E-state index is 11.4. The lowest BCUT2D eigenvalue weighted by atomic mass is 10.2. The van der Waals surface area contributed by atoms with Crippen LogP contribution in [0.4, 0.5) is 11.6 Å². The van der Waals surface area contributed by atoms with Gasteiger partial charge >= 0.3 is 0 Å². The number of nitrogens with zero attached hydrogens (tertiary/aromatic N) is 2. The Morgan fingerprint density at radius 3 is 2.26 bits per heavy atom. The molecule has 3 rings (SSSR count). The van der Waals surface area contributed by atoms with Crippen molar-refractivity contribution in [2.75, 3.05) is 22.1 Å². The van der Waals surface area contributed by atoms with Crippen molar-refractivity contribution >= 4 is 21.5 Å². The fraction of sp³-hybridized carbons (Fsp3) is 0.667. The van der Waals surface area contributed by atoms with Crippen molar-refractivity contribution < 1.29 is 8.42 Å². The molecule has 2 aliphatic rings. The molecule has 0 aromatic carbocycles. The number of hydrogen-bond donors (Lipinski definition) is 2. The fourth-order valence-electron chi connectivity index (χ4n) is 2.27. The average molecular weight is 282 g/mol. The second-order valence-corrected chi connectivity index (χ2v) is 7.58. The zero-order valence-electron chi connectivity index (χ0n) is 10.9. The number of nitrogens with one attached hydrogen (secondary N) is 2. The summed E-state index contributed by atoms with van der Waals surface area (Å²) in [5, 5.41) is 6.53. The summed E-state index contributed by atoms with van der Waals surface area (Å²) in [5.41, 5.74) is 0. The minimum atomic E-state index is -2.87.